The van der Waals surface area contributed by atoms with Crippen molar-refractivity contribution in [3.8, 4) is 0 Å². The SMILES string of the molecule is Cc1ccc(S(=O)(=O)N2CC3(CCCN(CC(=O)Nc4cccc(S(=O)(=O)N5CCOCC5)c4)C3)OC[C@@H]2CC(C)C)cc1. The highest BCUT2D eigenvalue weighted by Crippen LogP contribution is 2.35. The van der Waals surface area contributed by atoms with E-state index in [0.717, 1.165) is 12.0 Å². The van der Waals surface area contributed by atoms with Gasteiger partial charge in [-0.15, -0.1) is 0 Å². The topological polar surface area (TPSA) is 126 Å². The number of hydrogen-bond acceptors (Lipinski definition) is 8. The minimum atomic E-state index is -3.76. The predicted octanol–water partition coefficient (Wildman–Crippen LogP) is 2.92. The summed E-state index contributed by atoms with van der Waals surface area (Å²) in [5, 5.41) is 2.85. The molecule has 0 aromatic heterocycles. The van der Waals surface area contributed by atoms with Crippen LogP contribution in [-0.4, -0.2) is 107 Å². The highest BCUT2D eigenvalue weighted by atomic mass is 32.2. The van der Waals surface area contributed by atoms with Gasteiger partial charge in [-0.1, -0.05) is 37.6 Å². The number of likely N-dealkylation sites (tertiary alicyclic amines) is 1. The summed E-state index contributed by atoms with van der Waals surface area (Å²) >= 11 is 0. The van der Waals surface area contributed by atoms with E-state index in [1.807, 2.05) is 24.0 Å². The van der Waals surface area contributed by atoms with E-state index in [0.29, 0.717) is 70.4 Å². The van der Waals surface area contributed by atoms with Gasteiger partial charge in [0.25, 0.3) is 0 Å². The summed E-state index contributed by atoms with van der Waals surface area (Å²) in [7, 11) is -7.46. The number of rotatable bonds is 9. The van der Waals surface area contributed by atoms with Gasteiger partial charge in [0, 0.05) is 37.9 Å². The third kappa shape index (κ3) is 7.52. The van der Waals surface area contributed by atoms with Gasteiger partial charge in [0.2, 0.25) is 26.0 Å². The van der Waals surface area contributed by atoms with Crippen molar-refractivity contribution < 1.29 is 31.1 Å². The fourth-order valence-electron chi connectivity index (χ4n) is 6.32. The fourth-order valence-corrected chi connectivity index (χ4v) is 9.47. The molecule has 1 spiro atoms. The summed E-state index contributed by atoms with van der Waals surface area (Å²) in [4.78, 5) is 15.5. The monoisotopic (exact) mass is 648 g/mol. The number of anilines is 1. The van der Waals surface area contributed by atoms with Crippen LogP contribution in [0.1, 0.15) is 38.7 Å². The summed E-state index contributed by atoms with van der Waals surface area (Å²) < 4.78 is 68.8. The van der Waals surface area contributed by atoms with Crippen molar-refractivity contribution in [3.05, 3.63) is 54.1 Å². The van der Waals surface area contributed by atoms with E-state index in [1.54, 1.807) is 28.6 Å². The van der Waals surface area contributed by atoms with Crippen LogP contribution in [0.15, 0.2) is 58.3 Å². The fraction of sp³-hybridized carbons (Fsp3) is 0.581. The first-order valence-corrected chi connectivity index (χ1v) is 18.2. The molecule has 3 aliphatic heterocycles. The Morgan fingerprint density at radius 2 is 1.70 bits per heavy atom. The molecular formula is C31H44N4O7S2. The minimum Gasteiger partial charge on any atom is -0.379 e. The number of ether oxygens (including phenoxy) is 2. The van der Waals surface area contributed by atoms with Crippen LogP contribution < -0.4 is 5.32 Å². The van der Waals surface area contributed by atoms with Gasteiger partial charge in [0.1, 0.15) is 0 Å². The van der Waals surface area contributed by atoms with Gasteiger partial charge in [-0.25, -0.2) is 16.8 Å². The Kier molecular flexibility index (Phi) is 10.1. The van der Waals surface area contributed by atoms with Crippen molar-refractivity contribution in [2.75, 3.05) is 64.4 Å². The van der Waals surface area contributed by atoms with Crippen LogP contribution in [0.4, 0.5) is 5.69 Å². The van der Waals surface area contributed by atoms with Gasteiger partial charge < -0.3 is 14.8 Å². The first kappa shape index (κ1) is 33.0. The molecule has 5 rings (SSSR count). The number of sulfonamides is 2. The first-order valence-electron chi connectivity index (χ1n) is 15.3. The van der Waals surface area contributed by atoms with Crippen LogP contribution in [0, 0.1) is 12.8 Å². The van der Waals surface area contributed by atoms with Crippen molar-refractivity contribution in [2.24, 2.45) is 5.92 Å². The number of carbonyl (C=O) groups is 1. The lowest BCUT2D eigenvalue weighted by Crippen LogP contribution is -2.64. The standard InChI is InChI=1S/C31H44N4O7S2/c1-24(2)18-27-21-42-31(23-35(27)44(39,40)28-10-8-25(3)9-11-28)12-5-13-33(22-31)20-30(36)32-26-6-4-7-29(19-26)43(37,38)34-14-16-41-17-15-34/h4,6-11,19,24,27H,5,12-18,20-23H2,1-3H3,(H,32,36)/t27-,31?/m0/s1. The largest absolute Gasteiger partial charge is 0.379 e. The number of nitrogens with one attached hydrogen (secondary N) is 1. The Morgan fingerprint density at radius 1 is 0.977 bits per heavy atom. The average molecular weight is 649 g/mol. The second-order valence-corrected chi connectivity index (χ2v) is 16.4. The van der Waals surface area contributed by atoms with Gasteiger partial charge in [0.15, 0.2) is 0 Å². The second-order valence-electron chi connectivity index (χ2n) is 12.5. The van der Waals surface area contributed by atoms with Gasteiger partial charge in [0.05, 0.1) is 41.8 Å². The molecule has 2 aromatic rings. The second kappa shape index (κ2) is 13.5. The Bertz CT molecular complexity index is 1530. The molecular weight excluding hydrogens is 604 g/mol. The molecule has 44 heavy (non-hydrogen) atoms. The molecule has 13 heteroatoms. The number of piperidine rings is 1. The first-order chi connectivity index (χ1) is 20.9. The summed E-state index contributed by atoms with van der Waals surface area (Å²) in [6, 6.07) is 13.0. The summed E-state index contributed by atoms with van der Waals surface area (Å²) in [6.45, 7) is 9.06. The summed E-state index contributed by atoms with van der Waals surface area (Å²) in [5.74, 6) is 0.0166. The predicted molar refractivity (Wildman–Crippen MR) is 167 cm³/mol. The maximum Gasteiger partial charge on any atom is 0.243 e. The molecule has 0 saturated carbocycles. The van der Waals surface area contributed by atoms with Gasteiger partial charge in [-0.3, -0.25) is 9.69 Å². The van der Waals surface area contributed by atoms with E-state index < -0.39 is 25.6 Å². The van der Waals surface area contributed by atoms with Gasteiger partial charge >= 0.3 is 0 Å². The molecule has 1 N–H and O–H groups in total. The highest BCUT2D eigenvalue weighted by molar-refractivity contribution is 7.89. The number of aryl methyl sites for hydroxylation is 1. The van der Waals surface area contributed by atoms with Crippen molar-refractivity contribution in [1.82, 2.24) is 13.5 Å². The summed E-state index contributed by atoms with van der Waals surface area (Å²) in [5.41, 5.74) is 0.667. The minimum absolute atomic E-state index is 0.0751. The molecule has 242 valence electrons. The lowest BCUT2D eigenvalue weighted by molar-refractivity contribution is -0.146. The van der Waals surface area contributed by atoms with Crippen molar-refractivity contribution >= 4 is 31.6 Å². The van der Waals surface area contributed by atoms with Crippen LogP contribution in [-0.2, 0) is 34.3 Å². The number of carbonyl (C=O) groups excluding carboxylic acids is 1. The number of morpholine rings is 2. The van der Waals surface area contributed by atoms with Gasteiger partial charge in [-0.2, -0.15) is 8.61 Å². The molecule has 3 saturated heterocycles. The van der Waals surface area contributed by atoms with Crippen molar-refractivity contribution in [3.63, 3.8) is 0 Å². The third-order valence-corrected chi connectivity index (χ3v) is 12.3. The molecule has 11 nitrogen and oxygen atoms in total. The van der Waals surface area contributed by atoms with Crippen LogP contribution in [0.25, 0.3) is 0 Å². The lowest BCUT2D eigenvalue weighted by Gasteiger charge is -2.50. The number of amides is 1. The average Bonchev–Trinajstić information content (AvgIpc) is 2.99. The van der Waals surface area contributed by atoms with Crippen molar-refractivity contribution in [2.45, 2.75) is 61.5 Å². The number of benzene rings is 2. The van der Waals surface area contributed by atoms with Crippen LogP contribution in [0.3, 0.4) is 0 Å². The molecule has 3 aliphatic rings. The maximum atomic E-state index is 13.9. The van der Waals surface area contributed by atoms with E-state index in [1.165, 1.54) is 16.4 Å². The molecule has 3 fully saturated rings. The molecule has 0 bridgehead atoms. The van der Waals surface area contributed by atoms with E-state index in [9.17, 15) is 21.6 Å². The Morgan fingerprint density at radius 3 is 2.41 bits per heavy atom. The molecule has 3 heterocycles. The van der Waals surface area contributed by atoms with E-state index in [2.05, 4.69) is 19.2 Å². The molecule has 2 aromatic carbocycles. The zero-order chi connectivity index (χ0) is 31.5. The third-order valence-electron chi connectivity index (χ3n) is 8.52. The highest BCUT2D eigenvalue weighted by Gasteiger charge is 2.47. The van der Waals surface area contributed by atoms with E-state index >= 15 is 0 Å². The van der Waals surface area contributed by atoms with E-state index in [4.69, 9.17) is 9.47 Å². The quantitative estimate of drug-likeness (QED) is 0.440. The molecule has 0 aliphatic carbocycles. The van der Waals surface area contributed by atoms with Crippen LogP contribution in [0.2, 0.25) is 0 Å². The molecule has 2 atom stereocenters. The number of hydrogen-bond donors (Lipinski definition) is 1. The van der Waals surface area contributed by atoms with Crippen LogP contribution in [0.5, 0.6) is 0 Å². The zero-order valence-corrected chi connectivity index (χ0v) is 27.4. The maximum absolute atomic E-state index is 13.9. The van der Waals surface area contributed by atoms with Gasteiger partial charge in [-0.05, 0) is 69.0 Å². The Balaban J connectivity index is 1.27. The molecule has 0 radical (unpaired) electrons. The smallest absolute Gasteiger partial charge is 0.243 e. The van der Waals surface area contributed by atoms with Crippen molar-refractivity contribution in [1.29, 1.82) is 0 Å². The zero-order valence-electron chi connectivity index (χ0n) is 25.8. The lowest BCUT2D eigenvalue weighted by atomic mass is 9.89. The Labute approximate surface area is 261 Å². The van der Waals surface area contributed by atoms with Crippen LogP contribution >= 0.6 is 0 Å². The van der Waals surface area contributed by atoms with E-state index in [-0.39, 0.29) is 34.8 Å². The normalized spacial score (nSPS) is 24.5. The Hall–Kier alpha value is -2.39. The molecule has 1 unspecified atom stereocenters. The number of nitrogens with zero attached hydrogens (tertiary/aromatic N) is 3. The molecule has 1 amide bonds. The summed E-state index contributed by atoms with van der Waals surface area (Å²) in [6.07, 6.45) is 2.14.